The summed E-state index contributed by atoms with van der Waals surface area (Å²) in [7, 11) is -1.88. The van der Waals surface area contributed by atoms with E-state index in [1.807, 2.05) is 26.0 Å². The standard InChI is InChI=1S/2C25H28N6O5S/c2*1-15-9-18(12-26-10-15)25-30-29-22(31(25)23-20(35-4)7-6-8-21(23)36-5)14-37(33,34)17(3)24(32)19-13-27-16(2)11-28-19/h2*6-13,17,24,32H,14H2,1-5H3/t2*17-,24-/m10/s1. The second-order valence-electron chi connectivity index (χ2n) is 17.2. The van der Waals surface area contributed by atoms with Crippen LogP contribution < -0.4 is 18.9 Å². The van der Waals surface area contributed by atoms with Gasteiger partial charge in [0.15, 0.2) is 43.0 Å². The Morgan fingerprint density at radius 2 is 0.851 bits per heavy atom. The third-order valence-corrected chi connectivity index (χ3v) is 16.0. The number of aliphatic hydroxyl groups is 2. The first-order valence-corrected chi connectivity index (χ1v) is 26.3. The molecule has 24 heteroatoms. The van der Waals surface area contributed by atoms with E-state index in [1.54, 1.807) is 84.2 Å². The minimum absolute atomic E-state index is 0.119. The van der Waals surface area contributed by atoms with Crippen molar-refractivity contribution in [3.8, 4) is 57.1 Å². The molecule has 8 aromatic rings. The number of rotatable bonds is 18. The van der Waals surface area contributed by atoms with Gasteiger partial charge in [0.05, 0.1) is 74.1 Å². The molecule has 6 heterocycles. The van der Waals surface area contributed by atoms with E-state index in [0.717, 1.165) is 11.1 Å². The number of hydrogen-bond donors (Lipinski definition) is 2. The Morgan fingerprint density at radius 1 is 0.500 bits per heavy atom. The number of pyridine rings is 2. The van der Waals surface area contributed by atoms with Crippen LogP contribution in [0.4, 0.5) is 0 Å². The summed E-state index contributed by atoms with van der Waals surface area (Å²) in [5, 5.41) is 36.3. The zero-order valence-corrected chi connectivity index (χ0v) is 43.9. The van der Waals surface area contributed by atoms with Crippen LogP contribution >= 0.6 is 0 Å². The molecule has 0 aliphatic rings. The van der Waals surface area contributed by atoms with E-state index in [9.17, 15) is 27.0 Å². The predicted molar refractivity (Wildman–Crippen MR) is 272 cm³/mol. The first-order chi connectivity index (χ1) is 35.3. The van der Waals surface area contributed by atoms with Crippen molar-refractivity contribution in [2.24, 2.45) is 0 Å². The molecule has 0 aliphatic heterocycles. The van der Waals surface area contributed by atoms with Gasteiger partial charge in [-0.15, -0.1) is 20.4 Å². The van der Waals surface area contributed by atoms with E-state index in [4.69, 9.17) is 18.9 Å². The summed E-state index contributed by atoms with van der Waals surface area (Å²) in [5.41, 5.74) is 5.58. The van der Waals surface area contributed by atoms with Crippen LogP contribution in [0.15, 0.2) is 98.1 Å². The highest BCUT2D eigenvalue weighted by atomic mass is 32.2. The van der Waals surface area contributed by atoms with Crippen molar-refractivity contribution in [2.45, 2.75) is 75.8 Å². The summed E-state index contributed by atoms with van der Waals surface area (Å²) in [6.45, 7) is 10.1. The zero-order valence-electron chi connectivity index (χ0n) is 42.3. The number of ether oxygens (including phenoxy) is 4. The smallest absolute Gasteiger partial charge is 0.170 e. The maximum atomic E-state index is 13.5. The molecule has 22 nitrogen and oxygen atoms in total. The average Bonchev–Trinajstić information content (AvgIpc) is 4.00. The zero-order chi connectivity index (χ0) is 53.5. The summed E-state index contributed by atoms with van der Waals surface area (Å²) < 4.78 is 79.6. The van der Waals surface area contributed by atoms with Gasteiger partial charge in [-0.1, -0.05) is 12.1 Å². The Morgan fingerprint density at radius 3 is 1.15 bits per heavy atom. The largest absolute Gasteiger partial charge is 0.494 e. The SMILES string of the molecule is COc1cccc(OC)c1-n1c(CS(=O)(=O)[C@@H](C)[C@H](O)c2cnc(C)cn2)nnc1-c1cncc(C)c1.COc1cccc(OC)c1-n1c(CS(=O)(=O)[C@H](C)[C@@H](O)c2cnc(C)cn2)nnc1-c1cncc(C)c1. The lowest BCUT2D eigenvalue weighted by atomic mass is 10.2. The lowest BCUT2D eigenvalue weighted by Crippen LogP contribution is -2.28. The van der Waals surface area contributed by atoms with E-state index in [1.165, 1.54) is 67.1 Å². The number of methoxy groups -OCH3 is 4. The van der Waals surface area contributed by atoms with Gasteiger partial charge in [0.25, 0.3) is 0 Å². The summed E-state index contributed by atoms with van der Waals surface area (Å²) >= 11 is 0. The fourth-order valence-electron chi connectivity index (χ4n) is 7.73. The minimum Gasteiger partial charge on any atom is -0.494 e. The van der Waals surface area contributed by atoms with Crippen LogP contribution in [-0.4, -0.2) is 125 Å². The minimum atomic E-state index is -3.96. The van der Waals surface area contributed by atoms with Crippen LogP contribution in [0.5, 0.6) is 23.0 Å². The Hall–Kier alpha value is -7.80. The topological polar surface area (TPSA) is 284 Å². The van der Waals surface area contributed by atoms with Crippen LogP contribution in [0, 0.1) is 27.7 Å². The van der Waals surface area contributed by atoms with Gasteiger partial charge in [-0.25, -0.2) is 16.8 Å². The van der Waals surface area contributed by atoms with Gasteiger partial charge in [-0.2, -0.15) is 0 Å². The van der Waals surface area contributed by atoms with Crippen molar-refractivity contribution in [2.75, 3.05) is 28.4 Å². The number of aromatic nitrogens is 12. The van der Waals surface area contributed by atoms with E-state index in [0.29, 0.717) is 68.5 Å². The number of aryl methyl sites for hydroxylation is 4. The van der Waals surface area contributed by atoms with Crippen LogP contribution in [0.2, 0.25) is 0 Å². The fraction of sp³-hybridized carbons (Fsp3) is 0.320. The number of nitrogens with zero attached hydrogens (tertiary/aromatic N) is 12. The van der Waals surface area contributed by atoms with Gasteiger partial charge in [0, 0.05) is 48.3 Å². The molecule has 0 fully saturated rings. The molecule has 0 amide bonds. The molecule has 0 saturated carbocycles. The molecule has 2 N–H and O–H groups in total. The maximum Gasteiger partial charge on any atom is 0.170 e. The molecular weight excluding hydrogens is 993 g/mol. The Bertz CT molecular complexity index is 3190. The summed E-state index contributed by atoms with van der Waals surface area (Å²) in [6.07, 6.45) is 9.59. The molecule has 0 aliphatic carbocycles. The summed E-state index contributed by atoms with van der Waals surface area (Å²) in [5.74, 6) is 1.66. The van der Waals surface area contributed by atoms with Crippen molar-refractivity contribution >= 4 is 19.7 Å². The lowest BCUT2D eigenvalue weighted by molar-refractivity contribution is 0.170. The van der Waals surface area contributed by atoms with Crippen molar-refractivity contribution in [1.29, 1.82) is 0 Å². The molecule has 0 radical (unpaired) electrons. The normalized spacial score (nSPS) is 13.2. The quantitative estimate of drug-likeness (QED) is 0.106. The molecular formula is C50H56N12O10S2. The molecule has 0 unspecified atom stereocenters. The molecule has 74 heavy (non-hydrogen) atoms. The van der Waals surface area contributed by atoms with Crippen molar-refractivity contribution in [3.05, 3.63) is 144 Å². The van der Waals surface area contributed by atoms with Crippen molar-refractivity contribution < 1.29 is 46.0 Å². The molecule has 6 aromatic heterocycles. The van der Waals surface area contributed by atoms with Crippen LogP contribution in [0.1, 0.15) is 71.6 Å². The highest BCUT2D eigenvalue weighted by molar-refractivity contribution is 7.91. The van der Waals surface area contributed by atoms with Crippen molar-refractivity contribution in [3.63, 3.8) is 0 Å². The first-order valence-electron chi connectivity index (χ1n) is 22.8. The highest BCUT2D eigenvalue weighted by Crippen LogP contribution is 2.39. The van der Waals surface area contributed by atoms with Gasteiger partial charge < -0.3 is 29.2 Å². The molecule has 8 rings (SSSR count). The number of benzene rings is 2. The van der Waals surface area contributed by atoms with Crippen LogP contribution in [-0.2, 0) is 31.2 Å². The molecule has 388 valence electrons. The third-order valence-electron chi connectivity index (χ3n) is 11.9. The fourth-order valence-corrected chi connectivity index (χ4v) is 10.4. The Balaban J connectivity index is 0.000000216. The third kappa shape index (κ3) is 11.7. The van der Waals surface area contributed by atoms with E-state index in [-0.39, 0.29) is 23.0 Å². The number of aliphatic hydroxyl groups excluding tert-OH is 2. The molecule has 4 atom stereocenters. The Labute approximate surface area is 428 Å². The number of para-hydroxylation sites is 2. The summed E-state index contributed by atoms with van der Waals surface area (Å²) in [4.78, 5) is 25.0. The van der Waals surface area contributed by atoms with Gasteiger partial charge >= 0.3 is 0 Å². The van der Waals surface area contributed by atoms with Gasteiger partial charge in [-0.3, -0.25) is 39.0 Å². The van der Waals surface area contributed by atoms with E-state index < -0.39 is 53.9 Å². The number of hydrogen-bond acceptors (Lipinski definition) is 20. The maximum absolute atomic E-state index is 13.5. The molecule has 2 aromatic carbocycles. The highest BCUT2D eigenvalue weighted by Gasteiger charge is 2.35. The lowest BCUT2D eigenvalue weighted by Gasteiger charge is -2.20. The average molecular weight is 1050 g/mol. The van der Waals surface area contributed by atoms with Gasteiger partial charge in [0.2, 0.25) is 0 Å². The van der Waals surface area contributed by atoms with E-state index >= 15 is 0 Å². The predicted octanol–water partition coefficient (Wildman–Crippen LogP) is 5.58. The Kier molecular flexibility index (Phi) is 16.7. The van der Waals surface area contributed by atoms with Crippen molar-refractivity contribution in [1.82, 2.24) is 59.4 Å². The summed E-state index contributed by atoms with van der Waals surface area (Å²) in [6, 6.07) is 14.2. The monoisotopic (exact) mass is 1050 g/mol. The van der Waals surface area contributed by atoms with Crippen LogP contribution in [0.3, 0.4) is 0 Å². The second-order valence-corrected chi connectivity index (χ2v) is 21.9. The van der Waals surface area contributed by atoms with Crippen LogP contribution in [0.25, 0.3) is 34.2 Å². The van der Waals surface area contributed by atoms with E-state index in [2.05, 4.69) is 50.3 Å². The van der Waals surface area contributed by atoms with Gasteiger partial charge in [-0.05, 0) is 89.1 Å². The second kappa shape index (κ2) is 23.0. The molecule has 0 saturated heterocycles. The first kappa shape index (κ1) is 54.0. The number of sulfone groups is 2. The molecule has 0 bridgehead atoms. The van der Waals surface area contributed by atoms with Gasteiger partial charge in [0.1, 0.15) is 58.1 Å². The molecule has 0 spiro atoms.